The van der Waals surface area contributed by atoms with Crippen LogP contribution in [-0.4, -0.2) is 50.0 Å². The molecular weight excluding hydrogens is 545 g/mol. The Morgan fingerprint density at radius 2 is 1.67 bits per heavy atom. The summed E-state index contributed by atoms with van der Waals surface area (Å²) in [6, 6.07) is 9.24. The predicted octanol–water partition coefficient (Wildman–Crippen LogP) is 5.44. The van der Waals surface area contributed by atoms with Crippen LogP contribution in [0.4, 0.5) is 5.69 Å². The molecule has 0 aliphatic carbocycles. The van der Waals surface area contributed by atoms with E-state index in [0.29, 0.717) is 31.9 Å². The molecule has 11 heteroatoms. The van der Waals surface area contributed by atoms with Crippen LogP contribution in [0.15, 0.2) is 36.4 Å². The van der Waals surface area contributed by atoms with Gasteiger partial charge in [-0.1, -0.05) is 46.9 Å². The van der Waals surface area contributed by atoms with E-state index in [1.807, 2.05) is 13.8 Å². The fourth-order valence-electron chi connectivity index (χ4n) is 3.67. The van der Waals surface area contributed by atoms with Gasteiger partial charge in [-0.2, -0.15) is 0 Å². The Morgan fingerprint density at radius 3 is 2.25 bits per heavy atom. The minimum atomic E-state index is -3.62. The van der Waals surface area contributed by atoms with Crippen molar-refractivity contribution in [2.45, 2.75) is 59.2 Å². The molecule has 36 heavy (non-hydrogen) atoms. The standard InChI is InChI=1S/C25H32Cl3N3O4S/c1-16(2)29-25(33)18(4)30(15-19-11-12-21(27)22(28)14-19)24(32)10-7-13-31(36(5,34)35)23-9-6-8-20(26)17(23)3/h6,8-9,11-12,14,16,18H,7,10,13,15H2,1-5H3,(H,29,33)/t18-/m1/s1. The van der Waals surface area contributed by atoms with Gasteiger partial charge in [-0.15, -0.1) is 0 Å². The number of rotatable bonds is 11. The fraction of sp³-hybridized carbons (Fsp3) is 0.440. The zero-order valence-corrected chi connectivity index (χ0v) is 24.1. The molecule has 0 aliphatic rings. The van der Waals surface area contributed by atoms with Gasteiger partial charge in [0.15, 0.2) is 0 Å². The van der Waals surface area contributed by atoms with Crippen LogP contribution in [0.3, 0.4) is 0 Å². The number of carbonyl (C=O) groups excluding carboxylic acids is 2. The lowest BCUT2D eigenvalue weighted by atomic mass is 10.1. The first kappa shape index (κ1) is 30.2. The summed E-state index contributed by atoms with van der Waals surface area (Å²) < 4.78 is 26.3. The average molecular weight is 577 g/mol. The highest BCUT2D eigenvalue weighted by molar-refractivity contribution is 7.92. The van der Waals surface area contributed by atoms with E-state index in [-0.39, 0.29) is 43.8 Å². The second kappa shape index (κ2) is 13.0. The fourth-order valence-corrected chi connectivity index (χ4v) is 5.18. The monoisotopic (exact) mass is 575 g/mol. The van der Waals surface area contributed by atoms with E-state index in [9.17, 15) is 18.0 Å². The van der Waals surface area contributed by atoms with Gasteiger partial charge in [0.1, 0.15) is 6.04 Å². The van der Waals surface area contributed by atoms with E-state index in [2.05, 4.69) is 5.32 Å². The summed E-state index contributed by atoms with van der Waals surface area (Å²) in [5, 5.41) is 4.02. The minimum Gasteiger partial charge on any atom is -0.352 e. The van der Waals surface area contributed by atoms with Crippen LogP contribution in [0.1, 0.15) is 44.7 Å². The topological polar surface area (TPSA) is 86.8 Å². The summed E-state index contributed by atoms with van der Waals surface area (Å²) in [5.74, 6) is -0.575. The van der Waals surface area contributed by atoms with Crippen LogP contribution in [0, 0.1) is 6.92 Å². The summed E-state index contributed by atoms with van der Waals surface area (Å²) >= 11 is 18.4. The highest BCUT2D eigenvalue weighted by atomic mass is 35.5. The normalized spacial score (nSPS) is 12.4. The van der Waals surface area contributed by atoms with Gasteiger partial charge in [-0.3, -0.25) is 13.9 Å². The third kappa shape index (κ3) is 8.26. The van der Waals surface area contributed by atoms with Gasteiger partial charge >= 0.3 is 0 Å². The van der Waals surface area contributed by atoms with E-state index in [4.69, 9.17) is 34.8 Å². The number of carbonyl (C=O) groups is 2. The Labute approximate surface area is 228 Å². The van der Waals surface area contributed by atoms with Crippen molar-refractivity contribution < 1.29 is 18.0 Å². The van der Waals surface area contributed by atoms with E-state index in [1.165, 1.54) is 9.21 Å². The molecule has 0 unspecified atom stereocenters. The quantitative estimate of drug-likeness (QED) is 0.386. The first-order chi connectivity index (χ1) is 16.7. The lowest BCUT2D eigenvalue weighted by Crippen LogP contribution is -2.49. The molecule has 1 N–H and O–H groups in total. The summed E-state index contributed by atoms with van der Waals surface area (Å²) in [4.78, 5) is 27.5. The van der Waals surface area contributed by atoms with E-state index in [1.54, 1.807) is 50.2 Å². The van der Waals surface area contributed by atoms with E-state index >= 15 is 0 Å². The summed E-state index contributed by atoms with van der Waals surface area (Å²) in [6.45, 7) is 7.31. The molecule has 0 bridgehead atoms. The van der Waals surface area contributed by atoms with Crippen LogP contribution in [0.25, 0.3) is 0 Å². The van der Waals surface area contributed by atoms with Gasteiger partial charge in [-0.05, 0) is 69.5 Å². The lowest BCUT2D eigenvalue weighted by molar-refractivity contribution is -0.140. The smallest absolute Gasteiger partial charge is 0.242 e. The van der Waals surface area contributed by atoms with Gasteiger partial charge in [0.05, 0.1) is 22.0 Å². The number of nitrogens with one attached hydrogen (secondary N) is 1. The molecule has 2 amide bonds. The molecule has 0 spiro atoms. The summed E-state index contributed by atoms with van der Waals surface area (Å²) in [5.41, 5.74) is 1.82. The number of nitrogens with zero attached hydrogens (tertiary/aromatic N) is 2. The molecule has 2 rings (SSSR count). The molecule has 0 saturated carbocycles. The van der Waals surface area contributed by atoms with Crippen molar-refractivity contribution >= 4 is 62.3 Å². The van der Waals surface area contributed by atoms with Crippen molar-refractivity contribution in [2.75, 3.05) is 17.1 Å². The highest BCUT2D eigenvalue weighted by Gasteiger charge is 2.27. The largest absolute Gasteiger partial charge is 0.352 e. The third-order valence-electron chi connectivity index (χ3n) is 5.60. The first-order valence-electron chi connectivity index (χ1n) is 11.5. The summed E-state index contributed by atoms with van der Waals surface area (Å²) in [6.07, 6.45) is 1.39. The number of sulfonamides is 1. The number of anilines is 1. The van der Waals surface area contributed by atoms with Crippen LogP contribution in [0.5, 0.6) is 0 Å². The third-order valence-corrected chi connectivity index (χ3v) is 7.92. The minimum absolute atomic E-state index is 0.0340. The molecule has 0 saturated heterocycles. The molecule has 2 aromatic carbocycles. The van der Waals surface area contributed by atoms with Crippen LogP contribution >= 0.6 is 34.8 Å². The molecule has 0 fully saturated rings. The molecule has 2 aromatic rings. The molecule has 0 radical (unpaired) electrons. The van der Waals surface area contributed by atoms with E-state index in [0.717, 1.165) is 6.26 Å². The molecule has 0 aliphatic heterocycles. The molecular formula is C25H32Cl3N3O4S. The molecule has 0 heterocycles. The van der Waals surface area contributed by atoms with Crippen molar-refractivity contribution in [3.63, 3.8) is 0 Å². The zero-order valence-electron chi connectivity index (χ0n) is 21.0. The summed E-state index contributed by atoms with van der Waals surface area (Å²) in [7, 11) is -3.62. The Bertz CT molecular complexity index is 1210. The number of benzene rings is 2. The number of hydrogen-bond donors (Lipinski definition) is 1. The maximum Gasteiger partial charge on any atom is 0.242 e. The predicted molar refractivity (Wildman–Crippen MR) is 147 cm³/mol. The van der Waals surface area contributed by atoms with Gasteiger partial charge < -0.3 is 10.2 Å². The Kier molecular flexibility index (Phi) is 10.9. The second-order valence-electron chi connectivity index (χ2n) is 8.93. The van der Waals surface area contributed by atoms with Crippen LogP contribution in [-0.2, 0) is 26.2 Å². The van der Waals surface area contributed by atoms with Crippen molar-refractivity contribution in [1.29, 1.82) is 0 Å². The Balaban J connectivity index is 2.23. The maximum atomic E-state index is 13.3. The maximum absolute atomic E-state index is 13.3. The van der Waals surface area contributed by atoms with Crippen molar-refractivity contribution in [3.05, 3.63) is 62.6 Å². The highest BCUT2D eigenvalue weighted by Crippen LogP contribution is 2.29. The van der Waals surface area contributed by atoms with Gasteiger partial charge in [0.25, 0.3) is 0 Å². The molecule has 0 aromatic heterocycles. The molecule has 7 nitrogen and oxygen atoms in total. The molecule has 198 valence electrons. The van der Waals surface area contributed by atoms with E-state index < -0.39 is 16.1 Å². The van der Waals surface area contributed by atoms with Crippen LogP contribution < -0.4 is 9.62 Å². The van der Waals surface area contributed by atoms with Crippen LogP contribution in [0.2, 0.25) is 15.1 Å². The number of halogens is 3. The van der Waals surface area contributed by atoms with Crippen molar-refractivity contribution in [2.24, 2.45) is 0 Å². The van der Waals surface area contributed by atoms with Crippen molar-refractivity contribution in [1.82, 2.24) is 10.2 Å². The first-order valence-corrected chi connectivity index (χ1v) is 14.5. The SMILES string of the molecule is Cc1c(Cl)cccc1N(CCCC(=O)N(Cc1ccc(Cl)c(Cl)c1)[C@H](C)C(=O)NC(C)C)S(C)(=O)=O. The average Bonchev–Trinajstić information content (AvgIpc) is 2.77. The van der Waals surface area contributed by atoms with Gasteiger partial charge in [0, 0.05) is 30.6 Å². The van der Waals surface area contributed by atoms with Crippen molar-refractivity contribution in [3.8, 4) is 0 Å². The Hall–Kier alpha value is -2.00. The van der Waals surface area contributed by atoms with Gasteiger partial charge in [-0.25, -0.2) is 8.42 Å². The number of amides is 2. The van der Waals surface area contributed by atoms with Gasteiger partial charge in [0.2, 0.25) is 21.8 Å². The second-order valence-corrected chi connectivity index (χ2v) is 12.1. The molecule has 1 atom stereocenters. The lowest BCUT2D eigenvalue weighted by Gasteiger charge is -2.30. The number of hydrogen-bond acceptors (Lipinski definition) is 4. The zero-order chi connectivity index (χ0) is 27.2. The Morgan fingerprint density at radius 1 is 1.00 bits per heavy atom.